The lowest BCUT2D eigenvalue weighted by Crippen LogP contribution is -2.51. The van der Waals surface area contributed by atoms with Gasteiger partial charge < -0.3 is 19.7 Å². The van der Waals surface area contributed by atoms with Crippen LogP contribution in [0.5, 0.6) is 11.5 Å². The van der Waals surface area contributed by atoms with Gasteiger partial charge in [0.2, 0.25) is 5.91 Å². The predicted molar refractivity (Wildman–Crippen MR) is 274 cm³/mol. The number of carbonyl (C=O) groups is 2. The highest BCUT2D eigenvalue weighted by molar-refractivity contribution is 9.10. The first-order valence-corrected chi connectivity index (χ1v) is 26.5. The smallest absolute Gasteiger partial charge is 0.249 e. The minimum Gasteiger partial charge on any atom is -0.497 e. The first kappa shape index (κ1) is 53.9. The van der Waals surface area contributed by atoms with Crippen LogP contribution in [0, 0.1) is 81.8 Å². The number of rotatable bonds is 6. The molecule has 2 N–H and O–H groups in total. The summed E-state index contributed by atoms with van der Waals surface area (Å²) in [4.78, 5) is 31.6. The lowest BCUT2D eigenvalue weighted by Gasteiger charge is -2.56. The summed E-state index contributed by atoms with van der Waals surface area (Å²) in [5, 5.41) is 22.6. The minimum atomic E-state index is -0.444. The van der Waals surface area contributed by atoms with Gasteiger partial charge in [0.05, 0.1) is 32.5 Å². The van der Waals surface area contributed by atoms with Crippen LogP contribution in [-0.4, -0.2) is 66.5 Å². The number of fused-ring (bicyclic) bond motifs is 10. The number of methoxy groups -OCH3 is 2. The maximum atomic E-state index is 13.5. The number of ketones is 1. The van der Waals surface area contributed by atoms with Crippen molar-refractivity contribution in [3.05, 3.63) is 58.6 Å². The van der Waals surface area contributed by atoms with Gasteiger partial charge in [0.25, 0.3) is 0 Å². The standard InChI is InChI=1S/C27H38O3.C22H37NO3.C7H7BrO.2CH4/c1-26(29)14-12-20-18(16-26)6-9-22-21(20)13-15-27(2)23(22)10-11-24(27)25(28)17-4-7-19(30-3)8-5-17;1-21(25)11-9-15-14(13-21)5-6-17-16(15)10-12-22(2)18(17)7-8-19(22)20(24)23(3)26-4;1-9-7-4-2-6(8)3-5-7;;/h4-5,7-8,18,20-24,29H,6,9-16H2,1-3H3;14-19,25H,5-13H2,1-4H3;2-5H,1H3;2*1H4/t18-,20+,21-,22-,23+,24-,26-,27+;14-,15+,16-,17-,18+,19-,21-,22+;;;/m11.../s1. The van der Waals surface area contributed by atoms with E-state index in [2.05, 4.69) is 29.8 Å². The quantitative estimate of drug-likeness (QED) is 0.219. The molecule has 0 aliphatic heterocycles. The molecule has 67 heavy (non-hydrogen) atoms. The van der Waals surface area contributed by atoms with Gasteiger partial charge in [0.15, 0.2) is 5.78 Å². The topological polar surface area (TPSA) is 106 Å². The van der Waals surface area contributed by atoms with E-state index >= 15 is 0 Å². The summed E-state index contributed by atoms with van der Waals surface area (Å²) in [5.74, 6) is 10.2. The zero-order valence-corrected chi connectivity index (χ0v) is 42.6. The maximum absolute atomic E-state index is 13.5. The zero-order valence-electron chi connectivity index (χ0n) is 41.0. The number of hydrogen-bond acceptors (Lipinski definition) is 7. The Morgan fingerprint density at radius 2 is 0.970 bits per heavy atom. The van der Waals surface area contributed by atoms with Gasteiger partial charge in [-0.1, -0.05) is 44.6 Å². The number of aliphatic hydroxyl groups is 2. The Morgan fingerprint density at radius 1 is 0.552 bits per heavy atom. The predicted octanol–water partition coefficient (Wildman–Crippen LogP) is 13.7. The number of Topliss-reactive ketones (excluding diaryl/α,β-unsaturated/α-hetero) is 1. The molecule has 8 fully saturated rings. The fraction of sp³-hybridized carbons (Fsp3) is 0.759. The normalized spacial score (nSPS) is 41.1. The van der Waals surface area contributed by atoms with Crippen LogP contribution < -0.4 is 9.47 Å². The third-order valence-corrected chi connectivity index (χ3v) is 20.6. The van der Waals surface area contributed by atoms with Crippen molar-refractivity contribution in [1.29, 1.82) is 0 Å². The van der Waals surface area contributed by atoms with Crippen LogP contribution in [-0.2, 0) is 9.63 Å². The Kier molecular flexibility index (Phi) is 17.3. The average molecular weight is 993 g/mol. The number of benzene rings is 2. The van der Waals surface area contributed by atoms with Crippen molar-refractivity contribution < 1.29 is 34.1 Å². The zero-order chi connectivity index (χ0) is 46.5. The average Bonchev–Trinajstić information content (AvgIpc) is 3.84. The Labute approximate surface area is 414 Å². The molecular weight excluding hydrogens is 903 g/mol. The van der Waals surface area contributed by atoms with E-state index < -0.39 is 11.2 Å². The van der Waals surface area contributed by atoms with Crippen molar-refractivity contribution in [2.45, 2.75) is 169 Å². The summed E-state index contributed by atoms with van der Waals surface area (Å²) in [5.41, 5.74) is 0.277. The van der Waals surface area contributed by atoms with Crippen molar-refractivity contribution in [3.63, 3.8) is 0 Å². The molecule has 0 heterocycles. The third-order valence-electron chi connectivity index (χ3n) is 20.1. The van der Waals surface area contributed by atoms with Gasteiger partial charge in [-0.05, 0) is 248 Å². The van der Waals surface area contributed by atoms with Gasteiger partial charge in [0.1, 0.15) is 11.5 Å². The molecule has 8 aliphatic rings. The fourth-order valence-electron chi connectivity index (χ4n) is 16.8. The van der Waals surface area contributed by atoms with Crippen LogP contribution in [0.4, 0.5) is 0 Å². The summed E-state index contributed by atoms with van der Waals surface area (Å²) >= 11 is 3.32. The van der Waals surface area contributed by atoms with Gasteiger partial charge in [-0.2, -0.15) is 0 Å². The summed E-state index contributed by atoms with van der Waals surface area (Å²) < 4.78 is 11.3. The van der Waals surface area contributed by atoms with Crippen molar-refractivity contribution in [2.75, 3.05) is 28.4 Å². The summed E-state index contributed by atoms with van der Waals surface area (Å²) in [6, 6.07) is 15.4. The molecule has 0 unspecified atom stereocenters. The first-order chi connectivity index (χ1) is 30.9. The molecule has 9 heteroatoms. The van der Waals surface area contributed by atoms with Gasteiger partial charge in [-0.25, -0.2) is 5.06 Å². The fourth-order valence-corrected chi connectivity index (χ4v) is 17.1. The third kappa shape index (κ3) is 10.8. The lowest BCUT2D eigenvalue weighted by atomic mass is 9.49. The molecule has 376 valence electrons. The molecule has 16 atom stereocenters. The molecular formula is C58H90BrNO7. The monoisotopic (exact) mass is 992 g/mol. The Hall–Kier alpha value is -2.46. The molecule has 2 aromatic rings. The number of ether oxygens (including phenoxy) is 2. The molecule has 0 bridgehead atoms. The van der Waals surface area contributed by atoms with E-state index in [0.29, 0.717) is 17.6 Å². The molecule has 8 aliphatic carbocycles. The second-order valence-electron chi connectivity index (χ2n) is 23.5. The van der Waals surface area contributed by atoms with E-state index in [1.165, 1.54) is 82.1 Å². The number of hydrogen-bond donors (Lipinski definition) is 2. The van der Waals surface area contributed by atoms with Gasteiger partial charge >= 0.3 is 0 Å². The van der Waals surface area contributed by atoms with E-state index in [9.17, 15) is 19.8 Å². The molecule has 2 aromatic carbocycles. The van der Waals surface area contributed by atoms with Crippen LogP contribution in [0.3, 0.4) is 0 Å². The van der Waals surface area contributed by atoms with Gasteiger partial charge in [-0.15, -0.1) is 0 Å². The Bertz CT molecular complexity index is 1950. The van der Waals surface area contributed by atoms with E-state index in [-0.39, 0.29) is 43.4 Å². The van der Waals surface area contributed by atoms with Gasteiger partial charge in [0, 0.05) is 28.9 Å². The van der Waals surface area contributed by atoms with Crippen LogP contribution in [0.1, 0.15) is 168 Å². The van der Waals surface area contributed by atoms with Crippen molar-refractivity contribution in [3.8, 4) is 11.5 Å². The molecule has 0 saturated heterocycles. The molecule has 8 nitrogen and oxygen atoms in total. The van der Waals surface area contributed by atoms with E-state index in [0.717, 1.165) is 107 Å². The van der Waals surface area contributed by atoms with Crippen LogP contribution >= 0.6 is 15.9 Å². The Balaban J connectivity index is 0.000000183. The second kappa shape index (κ2) is 21.5. The number of halogens is 1. The SMILES string of the molecule is C.C.CON(C)C(=O)[C@H]1CC[C@H]2[C@@H]3CC[C@@H]4C[C@](C)(O)CC[C@@H]4[C@H]3CC[C@]12C.COc1ccc(Br)cc1.COc1ccc(C(=O)[C@H]2CC[C@H]3[C@@H]4CC[C@@H]5C[C@](C)(O)CC[C@@H]5[C@H]4CC[C@]23C)cc1. The van der Waals surface area contributed by atoms with E-state index in [4.69, 9.17) is 14.3 Å². The molecule has 0 aromatic heterocycles. The molecule has 10 rings (SSSR count). The van der Waals surface area contributed by atoms with Crippen LogP contribution in [0.25, 0.3) is 0 Å². The Morgan fingerprint density at radius 3 is 1.42 bits per heavy atom. The largest absolute Gasteiger partial charge is 0.497 e. The maximum Gasteiger partial charge on any atom is 0.249 e. The number of hydroxylamine groups is 2. The van der Waals surface area contributed by atoms with E-state index in [1.54, 1.807) is 28.4 Å². The summed E-state index contributed by atoms with van der Waals surface area (Å²) in [7, 11) is 6.66. The van der Waals surface area contributed by atoms with Crippen molar-refractivity contribution in [1.82, 2.24) is 5.06 Å². The number of carbonyl (C=O) groups excluding carboxylic acids is 2. The van der Waals surface area contributed by atoms with Crippen LogP contribution in [0.15, 0.2) is 53.0 Å². The highest BCUT2D eigenvalue weighted by Crippen LogP contribution is 2.66. The molecule has 0 radical (unpaired) electrons. The van der Waals surface area contributed by atoms with Crippen LogP contribution in [0.2, 0.25) is 0 Å². The highest BCUT2D eigenvalue weighted by Gasteiger charge is 2.61. The van der Waals surface area contributed by atoms with Gasteiger partial charge in [-0.3, -0.25) is 14.4 Å². The summed E-state index contributed by atoms with van der Waals surface area (Å²) in [6.07, 6.45) is 21.0. The minimum absolute atomic E-state index is 0. The lowest BCUT2D eigenvalue weighted by molar-refractivity contribution is -0.180. The van der Waals surface area contributed by atoms with E-state index in [1.807, 2.05) is 62.4 Å². The molecule has 8 saturated carbocycles. The second-order valence-corrected chi connectivity index (χ2v) is 24.4. The van der Waals surface area contributed by atoms with Crippen molar-refractivity contribution in [2.24, 2.45) is 81.8 Å². The number of nitrogens with zero attached hydrogens (tertiary/aromatic N) is 1. The molecule has 0 spiro atoms. The van der Waals surface area contributed by atoms with Crippen molar-refractivity contribution >= 4 is 27.6 Å². The number of amides is 1. The molecule has 1 amide bonds. The first-order valence-electron chi connectivity index (χ1n) is 25.7. The summed E-state index contributed by atoms with van der Waals surface area (Å²) in [6.45, 7) is 8.90. The highest BCUT2D eigenvalue weighted by atomic mass is 79.9.